The molecule has 1 amide bonds. The van der Waals surface area contributed by atoms with Crippen molar-refractivity contribution in [1.29, 1.82) is 0 Å². The predicted molar refractivity (Wildman–Crippen MR) is 123 cm³/mol. The lowest BCUT2D eigenvalue weighted by Gasteiger charge is -2.16. The number of nitrogens with zero attached hydrogens (tertiary/aromatic N) is 3. The smallest absolute Gasteiger partial charge is 0.289 e. The highest BCUT2D eigenvalue weighted by Crippen LogP contribution is 2.22. The van der Waals surface area contributed by atoms with Gasteiger partial charge < -0.3 is 14.1 Å². The number of aromatic nitrogens is 2. The highest BCUT2D eigenvalue weighted by Gasteiger charge is 2.21. The molecule has 0 unspecified atom stereocenters. The number of hydrogen-bond donors (Lipinski definition) is 0. The van der Waals surface area contributed by atoms with Gasteiger partial charge in [0.2, 0.25) is 0 Å². The van der Waals surface area contributed by atoms with Crippen LogP contribution in [0, 0.1) is 26.6 Å². The van der Waals surface area contributed by atoms with Crippen LogP contribution in [0.1, 0.15) is 38.8 Å². The largest absolute Gasteiger partial charge is 0.486 e. The fourth-order valence-corrected chi connectivity index (χ4v) is 3.69. The number of rotatable bonds is 7. The second kappa shape index (κ2) is 9.32. The van der Waals surface area contributed by atoms with Gasteiger partial charge in [0.1, 0.15) is 23.9 Å². The highest BCUT2D eigenvalue weighted by atomic mass is 19.1. The molecule has 2 aromatic heterocycles. The van der Waals surface area contributed by atoms with Crippen LogP contribution in [0.15, 0.2) is 65.1 Å². The summed E-state index contributed by atoms with van der Waals surface area (Å²) in [5.41, 5.74) is 5.03. The first-order valence-corrected chi connectivity index (χ1v) is 10.7. The third-order valence-corrected chi connectivity index (χ3v) is 5.59. The number of furan rings is 1. The van der Waals surface area contributed by atoms with E-state index in [2.05, 4.69) is 13.0 Å². The highest BCUT2D eigenvalue weighted by molar-refractivity contribution is 5.91. The zero-order chi connectivity index (χ0) is 23.5. The number of amides is 1. The molecule has 170 valence electrons. The summed E-state index contributed by atoms with van der Waals surface area (Å²) >= 11 is 0. The van der Waals surface area contributed by atoms with E-state index in [1.54, 1.807) is 36.2 Å². The molecule has 7 heteroatoms. The molecule has 0 aliphatic heterocycles. The van der Waals surface area contributed by atoms with Crippen molar-refractivity contribution >= 4 is 5.91 Å². The number of halogens is 1. The fourth-order valence-electron chi connectivity index (χ4n) is 3.69. The molecule has 6 nitrogen and oxygen atoms in total. The molecule has 0 bridgehead atoms. The maximum Gasteiger partial charge on any atom is 0.289 e. The Kier molecular flexibility index (Phi) is 6.31. The zero-order valence-electron chi connectivity index (χ0n) is 19.1. The number of ether oxygens (including phenoxy) is 1. The van der Waals surface area contributed by atoms with E-state index >= 15 is 0 Å². The maximum absolute atomic E-state index is 13.0. The molecule has 0 saturated carbocycles. The van der Waals surface area contributed by atoms with Crippen LogP contribution in [0.5, 0.6) is 5.75 Å². The van der Waals surface area contributed by atoms with Gasteiger partial charge in [-0.1, -0.05) is 18.2 Å². The third-order valence-electron chi connectivity index (χ3n) is 5.59. The molecule has 0 atom stereocenters. The van der Waals surface area contributed by atoms with E-state index in [0.717, 1.165) is 28.2 Å². The lowest BCUT2D eigenvalue weighted by Crippen LogP contribution is -2.26. The molecule has 0 aliphatic carbocycles. The Morgan fingerprint density at radius 2 is 1.79 bits per heavy atom. The lowest BCUT2D eigenvalue weighted by atomic mass is 10.1. The van der Waals surface area contributed by atoms with Gasteiger partial charge in [0, 0.05) is 24.8 Å². The number of para-hydroxylation sites is 1. The van der Waals surface area contributed by atoms with Gasteiger partial charge in [-0.15, -0.1) is 0 Å². The van der Waals surface area contributed by atoms with E-state index in [1.165, 1.54) is 12.1 Å². The first-order chi connectivity index (χ1) is 15.8. The molecule has 33 heavy (non-hydrogen) atoms. The molecule has 0 aliphatic rings. The van der Waals surface area contributed by atoms with Crippen molar-refractivity contribution in [2.75, 3.05) is 7.05 Å². The van der Waals surface area contributed by atoms with Crippen LogP contribution in [0.25, 0.3) is 5.69 Å². The van der Waals surface area contributed by atoms with E-state index in [4.69, 9.17) is 14.3 Å². The van der Waals surface area contributed by atoms with Gasteiger partial charge in [0.25, 0.3) is 5.91 Å². The number of carbonyl (C=O) groups excluding carboxylic acids is 1. The van der Waals surface area contributed by atoms with Crippen molar-refractivity contribution in [2.24, 2.45) is 0 Å². The number of benzene rings is 2. The number of carbonyl (C=O) groups is 1. The summed E-state index contributed by atoms with van der Waals surface area (Å²) in [4.78, 5) is 14.6. The molecule has 4 aromatic rings. The molecule has 0 spiro atoms. The van der Waals surface area contributed by atoms with E-state index in [1.807, 2.05) is 36.7 Å². The minimum absolute atomic E-state index is 0.143. The van der Waals surface area contributed by atoms with Crippen molar-refractivity contribution in [1.82, 2.24) is 14.7 Å². The molecule has 0 saturated heterocycles. The van der Waals surface area contributed by atoms with Crippen molar-refractivity contribution in [2.45, 2.75) is 33.9 Å². The summed E-state index contributed by atoms with van der Waals surface area (Å²) in [7, 11) is 1.74. The van der Waals surface area contributed by atoms with Gasteiger partial charge in [0.15, 0.2) is 5.76 Å². The average Bonchev–Trinajstić information content (AvgIpc) is 3.39. The second-order valence-corrected chi connectivity index (χ2v) is 8.02. The summed E-state index contributed by atoms with van der Waals surface area (Å²) in [5, 5.41) is 4.70. The Morgan fingerprint density at radius 3 is 2.52 bits per heavy atom. The van der Waals surface area contributed by atoms with Crippen LogP contribution in [0.3, 0.4) is 0 Å². The summed E-state index contributed by atoms with van der Waals surface area (Å²) in [6.45, 7) is 6.56. The molecule has 0 radical (unpaired) electrons. The SMILES string of the molecule is Cc1ccccc1-n1nc(C)c(CN(C)C(=O)c2ccc(COc3ccc(F)cc3)o2)c1C. The van der Waals surface area contributed by atoms with E-state index in [0.29, 0.717) is 18.1 Å². The Morgan fingerprint density at radius 1 is 1.06 bits per heavy atom. The van der Waals surface area contributed by atoms with Gasteiger partial charge in [-0.3, -0.25) is 4.79 Å². The Bertz CT molecular complexity index is 1270. The van der Waals surface area contributed by atoms with Gasteiger partial charge >= 0.3 is 0 Å². The monoisotopic (exact) mass is 447 g/mol. The molecular formula is C26H26FN3O3. The van der Waals surface area contributed by atoms with Crippen molar-refractivity contribution in [3.05, 3.63) is 101 Å². The Labute approximate surface area is 192 Å². The van der Waals surface area contributed by atoms with Gasteiger partial charge in [-0.05, 0) is 68.8 Å². The van der Waals surface area contributed by atoms with Crippen molar-refractivity contribution in [3.63, 3.8) is 0 Å². The summed E-state index contributed by atoms with van der Waals surface area (Å²) in [5.74, 6) is 0.707. The molecular weight excluding hydrogens is 421 g/mol. The third kappa shape index (κ3) is 4.82. The fraction of sp³-hybridized carbons (Fsp3) is 0.231. The Balaban J connectivity index is 1.44. The summed E-state index contributed by atoms with van der Waals surface area (Å²) < 4.78 is 26.2. The molecule has 0 fully saturated rings. The first-order valence-electron chi connectivity index (χ1n) is 10.7. The number of aryl methyl sites for hydroxylation is 2. The Hall–Kier alpha value is -3.87. The minimum atomic E-state index is -0.328. The minimum Gasteiger partial charge on any atom is -0.486 e. The maximum atomic E-state index is 13.0. The van der Waals surface area contributed by atoms with Crippen molar-refractivity contribution < 1.29 is 18.3 Å². The number of hydrogen-bond acceptors (Lipinski definition) is 4. The van der Waals surface area contributed by atoms with E-state index in [9.17, 15) is 9.18 Å². The standard InChI is InChI=1S/C26H26FN3O3/c1-17-7-5-6-8-24(17)30-19(3)23(18(2)28-30)15-29(4)26(31)25-14-13-22(33-25)16-32-21-11-9-20(27)10-12-21/h5-14H,15-16H2,1-4H3. The van der Waals surface area contributed by atoms with Gasteiger partial charge in [-0.25, -0.2) is 9.07 Å². The summed E-state index contributed by atoms with van der Waals surface area (Å²) in [6.07, 6.45) is 0. The van der Waals surface area contributed by atoms with E-state index in [-0.39, 0.29) is 24.1 Å². The molecule has 2 heterocycles. The predicted octanol–water partition coefficient (Wildman–Crippen LogP) is 5.38. The summed E-state index contributed by atoms with van der Waals surface area (Å²) in [6, 6.07) is 17.2. The van der Waals surface area contributed by atoms with Gasteiger partial charge in [-0.2, -0.15) is 5.10 Å². The molecule has 4 rings (SSSR count). The lowest BCUT2D eigenvalue weighted by molar-refractivity contribution is 0.0749. The van der Waals surface area contributed by atoms with E-state index < -0.39 is 0 Å². The zero-order valence-corrected chi connectivity index (χ0v) is 19.1. The molecule has 2 aromatic carbocycles. The second-order valence-electron chi connectivity index (χ2n) is 8.02. The van der Waals surface area contributed by atoms with Crippen LogP contribution >= 0.6 is 0 Å². The van der Waals surface area contributed by atoms with Crippen molar-refractivity contribution in [3.8, 4) is 11.4 Å². The van der Waals surface area contributed by atoms with Crippen LogP contribution < -0.4 is 4.74 Å². The normalized spacial score (nSPS) is 10.9. The topological polar surface area (TPSA) is 60.5 Å². The molecule has 0 N–H and O–H groups in total. The quantitative estimate of drug-likeness (QED) is 0.382. The van der Waals surface area contributed by atoms with Crippen LogP contribution in [-0.4, -0.2) is 27.6 Å². The van der Waals surface area contributed by atoms with Gasteiger partial charge in [0.05, 0.1) is 11.4 Å². The first kappa shape index (κ1) is 22.3. The van der Waals surface area contributed by atoms with Crippen LogP contribution in [0.4, 0.5) is 4.39 Å². The van der Waals surface area contributed by atoms with Crippen LogP contribution in [0.2, 0.25) is 0 Å². The average molecular weight is 448 g/mol. The van der Waals surface area contributed by atoms with Crippen LogP contribution in [-0.2, 0) is 13.2 Å².